The van der Waals surface area contributed by atoms with Gasteiger partial charge in [-0.1, -0.05) is 0 Å². The summed E-state index contributed by atoms with van der Waals surface area (Å²) < 4.78 is 171. The quantitative estimate of drug-likeness (QED) is 0.505. The van der Waals surface area contributed by atoms with Gasteiger partial charge in [-0.2, -0.15) is 26.3 Å². The number of benzene rings is 2. The van der Waals surface area contributed by atoms with Crippen LogP contribution in [0.4, 0.5) is 52.7 Å². The first kappa shape index (κ1) is 24.0. The van der Waals surface area contributed by atoms with E-state index in [1.165, 1.54) is 0 Å². The SMILES string of the molecule is O=S(c1c(F)cc(F)c(CC(F)(F)F)c1F)c1c(F)cc(F)c(CC(F)(F)F)c1F. The summed E-state index contributed by atoms with van der Waals surface area (Å²) in [7, 11) is -3.75. The van der Waals surface area contributed by atoms with Gasteiger partial charge in [-0.15, -0.1) is 0 Å². The minimum Gasteiger partial charge on any atom is -0.249 e. The third-order valence-corrected chi connectivity index (χ3v) is 5.06. The molecule has 0 aliphatic carbocycles. The zero-order valence-corrected chi connectivity index (χ0v) is 14.7. The number of hydrogen-bond acceptors (Lipinski definition) is 1. The van der Waals surface area contributed by atoms with Crippen molar-refractivity contribution in [3.63, 3.8) is 0 Å². The Balaban J connectivity index is 2.72. The summed E-state index contributed by atoms with van der Waals surface area (Å²) in [6.07, 6.45) is -15.1. The maximum Gasteiger partial charge on any atom is 0.393 e. The smallest absolute Gasteiger partial charge is 0.249 e. The van der Waals surface area contributed by atoms with E-state index in [9.17, 15) is 56.9 Å². The van der Waals surface area contributed by atoms with Gasteiger partial charge in [-0.25, -0.2) is 30.6 Å². The summed E-state index contributed by atoms with van der Waals surface area (Å²) in [6.45, 7) is 0. The van der Waals surface area contributed by atoms with Crippen molar-refractivity contribution in [1.29, 1.82) is 0 Å². The highest BCUT2D eigenvalue weighted by atomic mass is 32.2. The van der Waals surface area contributed by atoms with Crippen LogP contribution in [0.5, 0.6) is 0 Å². The number of rotatable bonds is 4. The number of hydrogen-bond donors (Lipinski definition) is 0. The fraction of sp³-hybridized carbons (Fsp3) is 0.250. The molecule has 0 bridgehead atoms. The first-order valence-corrected chi connectivity index (χ1v) is 8.56. The molecule has 0 N–H and O–H groups in total. The molecule has 0 aliphatic rings. The zero-order valence-electron chi connectivity index (χ0n) is 13.9. The molecule has 0 fully saturated rings. The molecule has 0 unspecified atom stereocenters. The lowest BCUT2D eigenvalue weighted by molar-refractivity contribution is -0.129. The summed E-state index contributed by atoms with van der Waals surface area (Å²) in [4.78, 5) is -3.89. The first-order chi connectivity index (χ1) is 13.5. The predicted octanol–water partition coefficient (Wildman–Crippen LogP) is 5.90. The average molecular weight is 474 g/mol. The van der Waals surface area contributed by atoms with E-state index in [4.69, 9.17) is 0 Å². The minimum absolute atomic E-state index is 0.340. The van der Waals surface area contributed by atoms with E-state index in [2.05, 4.69) is 0 Å². The van der Waals surface area contributed by atoms with Crippen LogP contribution in [0.15, 0.2) is 21.9 Å². The van der Waals surface area contributed by atoms with Crippen LogP contribution in [0, 0.1) is 34.9 Å². The highest BCUT2D eigenvalue weighted by Crippen LogP contribution is 2.35. The number of halogens is 12. The van der Waals surface area contributed by atoms with Crippen molar-refractivity contribution in [2.45, 2.75) is 35.0 Å². The topological polar surface area (TPSA) is 17.1 Å². The standard InChI is InChI=1S/C16H6F12OS/c17-7-1-9(19)13(11(21)5(7)3-15(23,24)25)30(29)14-10(20)2-8(18)6(12(14)22)4-16(26,27)28/h1-2H,3-4H2. The fourth-order valence-electron chi connectivity index (χ4n) is 2.39. The van der Waals surface area contributed by atoms with E-state index >= 15 is 0 Å². The van der Waals surface area contributed by atoms with Crippen molar-refractivity contribution < 1.29 is 56.9 Å². The summed E-state index contributed by atoms with van der Waals surface area (Å²) in [5.74, 6) is -13.2. The van der Waals surface area contributed by atoms with Crippen molar-refractivity contribution >= 4 is 10.8 Å². The second-order valence-electron chi connectivity index (χ2n) is 5.78. The van der Waals surface area contributed by atoms with Crippen molar-refractivity contribution in [2.75, 3.05) is 0 Å². The molecule has 1 nitrogen and oxygen atoms in total. The Morgan fingerprint density at radius 2 is 0.900 bits per heavy atom. The Hall–Kier alpha value is -2.25. The van der Waals surface area contributed by atoms with Crippen molar-refractivity contribution in [3.8, 4) is 0 Å². The Morgan fingerprint density at radius 3 is 1.17 bits per heavy atom. The van der Waals surface area contributed by atoms with Crippen LogP contribution in [0.3, 0.4) is 0 Å². The molecule has 0 aliphatic heterocycles. The van der Waals surface area contributed by atoms with E-state index in [0.29, 0.717) is 0 Å². The van der Waals surface area contributed by atoms with E-state index in [1.54, 1.807) is 0 Å². The largest absolute Gasteiger partial charge is 0.393 e. The van der Waals surface area contributed by atoms with Gasteiger partial charge in [0.1, 0.15) is 44.7 Å². The van der Waals surface area contributed by atoms with Crippen molar-refractivity contribution in [3.05, 3.63) is 58.2 Å². The molecule has 0 saturated carbocycles. The molecule has 0 aromatic heterocycles. The van der Waals surface area contributed by atoms with Gasteiger partial charge in [-0.3, -0.25) is 0 Å². The van der Waals surface area contributed by atoms with Gasteiger partial charge < -0.3 is 0 Å². The van der Waals surface area contributed by atoms with Crippen LogP contribution in [0.2, 0.25) is 0 Å². The predicted molar refractivity (Wildman–Crippen MR) is 76.8 cm³/mol. The Kier molecular flexibility index (Phi) is 6.50. The fourth-order valence-corrected chi connectivity index (χ4v) is 3.64. The summed E-state index contributed by atoms with van der Waals surface area (Å²) in [5.41, 5.74) is -3.68. The molecule has 166 valence electrons. The van der Waals surface area contributed by atoms with E-state index < -0.39 is 91.8 Å². The monoisotopic (exact) mass is 474 g/mol. The first-order valence-electron chi connectivity index (χ1n) is 7.41. The molecule has 2 aromatic carbocycles. The lowest BCUT2D eigenvalue weighted by Gasteiger charge is -2.15. The molecule has 0 saturated heterocycles. The third kappa shape index (κ3) is 5.08. The van der Waals surface area contributed by atoms with Crippen molar-refractivity contribution in [2.24, 2.45) is 0 Å². The van der Waals surface area contributed by atoms with Crippen LogP contribution in [0.1, 0.15) is 11.1 Å². The van der Waals surface area contributed by atoms with Gasteiger partial charge >= 0.3 is 12.4 Å². The summed E-state index contributed by atoms with van der Waals surface area (Å²) in [6, 6.07) is -0.680. The Morgan fingerprint density at radius 1 is 0.600 bits per heavy atom. The summed E-state index contributed by atoms with van der Waals surface area (Å²) in [5, 5.41) is 0. The van der Waals surface area contributed by atoms with Gasteiger partial charge in [0.25, 0.3) is 0 Å². The lowest BCUT2D eigenvalue weighted by Crippen LogP contribution is -2.18. The summed E-state index contributed by atoms with van der Waals surface area (Å²) >= 11 is 0. The van der Waals surface area contributed by atoms with Gasteiger partial charge in [-0.05, 0) is 0 Å². The molecule has 0 radical (unpaired) electrons. The minimum atomic E-state index is -5.23. The third-order valence-electron chi connectivity index (χ3n) is 3.57. The van der Waals surface area contributed by atoms with Crippen LogP contribution in [0.25, 0.3) is 0 Å². The van der Waals surface area contributed by atoms with Gasteiger partial charge in [0.05, 0.1) is 23.6 Å². The average Bonchev–Trinajstić information content (AvgIpc) is 2.53. The molecule has 0 spiro atoms. The van der Waals surface area contributed by atoms with Gasteiger partial charge in [0, 0.05) is 23.3 Å². The molecule has 2 aromatic rings. The van der Waals surface area contributed by atoms with Crippen LogP contribution >= 0.6 is 0 Å². The van der Waals surface area contributed by atoms with Crippen LogP contribution in [-0.4, -0.2) is 16.6 Å². The second-order valence-corrected chi connectivity index (χ2v) is 7.13. The molecule has 14 heteroatoms. The van der Waals surface area contributed by atoms with E-state index in [0.717, 1.165) is 0 Å². The highest BCUT2D eigenvalue weighted by Gasteiger charge is 2.37. The van der Waals surface area contributed by atoms with Crippen LogP contribution in [-0.2, 0) is 23.6 Å². The maximum atomic E-state index is 14.3. The normalized spacial score (nSPS) is 12.7. The molecule has 0 heterocycles. The molecular formula is C16H6F12OS. The van der Waals surface area contributed by atoms with E-state index in [1.807, 2.05) is 0 Å². The number of alkyl halides is 6. The zero-order chi connectivity index (χ0) is 23.2. The molecule has 0 amide bonds. The Labute approximate surface area is 161 Å². The van der Waals surface area contributed by atoms with Gasteiger partial charge in [0.2, 0.25) is 0 Å². The highest BCUT2D eigenvalue weighted by molar-refractivity contribution is 7.85. The van der Waals surface area contributed by atoms with Gasteiger partial charge in [0.15, 0.2) is 0 Å². The molecule has 2 rings (SSSR count). The van der Waals surface area contributed by atoms with E-state index in [-0.39, 0.29) is 12.1 Å². The molecule has 30 heavy (non-hydrogen) atoms. The van der Waals surface area contributed by atoms with Crippen LogP contribution < -0.4 is 0 Å². The van der Waals surface area contributed by atoms with Crippen molar-refractivity contribution in [1.82, 2.24) is 0 Å². The Bertz CT molecular complexity index is 930. The second kappa shape index (κ2) is 8.12. The lowest BCUT2D eigenvalue weighted by atomic mass is 10.1. The molecule has 0 atom stereocenters. The molecular weight excluding hydrogens is 468 g/mol. The maximum absolute atomic E-state index is 14.3.